The summed E-state index contributed by atoms with van der Waals surface area (Å²) in [6.45, 7) is 0.838. The van der Waals surface area contributed by atoms with E-state index in [4.69, 9.17) is 4.42 Å². The van der Waals surface area contributed by atoms with Gasteiger partial charge in [-0.15, -0.1) is 0 Å². The van der Waals surface area contributed by atoms with E-state index in [0.717, 1.165) is 18.4 Å². The molecule has 0 amide bonds. The Kier molecular flexibility index (Phi) is 5.92. The molecule has 8 heteroatoms. The van der Waals surface area contributed by atoms with Gasteiger partial charge in [-0.05, 0) is 54.7 Å². The van der Waals surface area contributed by atoms with Gasteiger partial charge in [0.1, 0.15) is 6.07 Å². The topological polar surface area (TPSA) is 99.2 Å². The largest absolute Gasteiger partial charge is 0.419 e. The lowest BCUT2D eigenvalue weighted by atomic mass is 9.95. The lowest BCUT2D eigenvalue weighted by Crippen LogP contribution is -2.35. The molecule has 0 bridgehead atoms. The molecule has 1 aliphatic heterocycles. The van der Waals surface area contributed by atoms with Crippen LogP contribution in [0.3, 0.4) is 0 Å². The molecule has 0 spiro atoms. The second-order valence-electron chi connectivity index (χ2n) is 8.67. The fraction of sp³-hybridized carbons (Fsp3) is 0.360. The normalized spacial score (nSPS) is 17.3. The van der Waals surface area contributed by atoms with Gasteiger partial charge in [0.05, 0.1) is 4.90 Å². The maximum atomic E-state index is 13.2. The number of fused-ring (bicyclic) bond motifs is 1. The summed E-state index contributed by atoms with van der Waals surface area (Å²) in [5.41, 5.74) is 3.10. The van der Waals surface area contributed by atoms with Crippen molar-refractivity contribution in [3.05, 3.63) is 65.4 Å². The van der Waals surface area contributed by atoms with Gasteiger partial charge in [-0.3, -0.25) is 0 Å². The van der Waals surface area contributed by atoms with Crippen molar-refractivity contribution in [1.82, 2.24) is 9.29 Å². The first kappa shape index (κ1) is 21.7. The van der Waals surface area contributed by atoms with E-state index in [9.17, 15) is 13.7 Å². The first-order chi connectivity index (χ1) is 16.0. The number of benzene rings is 2. The zero-order valence-electron chi connectivity index (χ0n) is 18.3. The first-order valence-electron chi connectivity index (χ1n) is 11.4. The minimum Gasteiger partial charge on any atom is -0.419 e. The summed E-state index contributed by atoms with van der Waals surface area (Å²) in [7, 11) is -3.61. The molecule has 2 aromatic carbocycles. The summed E-state index contributed by atoms with van der Waals surface area (Å²) in [5, 5.41) is 12.8. The van der Waals surface area contributed by atoms with Crippen LogP contribution in [0.2, 0.25) is 0 Å². The first-order valence-corrected chi connectivity index (χ1v) is 12.8. The van der Waals surface area contributed by atoms with Crippen LogP contribution in [0.1, 0.15) is 48.9 Å². The highest BCUT2D eigenvalue weighted by Crippen LogP contribution is 2.30. The molecule has 2 heterocycles. The number of nitrogens with zero attached hydrogens (tertiary/aromatic N) is 3. The highest BCUT2D eigenvalue weighted by atomic mass is 32.2. The fourth-order valence-electron chi connectivity index (χ4n) is 4.64. The molecule has 1 fully saturated rings. The van der Waals surface area contributed by atoms with Crippen LogP contribution in [-0.4, -0.2) is 30.3 Å². The average Bonchev–Trinajstić information content (AvgIpc) is 3.27. The van der Waals surface area contributed by atoms with E-state index >= 15 is 0 Å². The summed E-state index contributed by atoms with van der Waals surface area (Å²) in [6, 6.07) is 16.9. The molecule has 170 valence electrons. The molecule has 3 aromatic rings. The van der Waals surface area contributed by atoms with Crippen LogP contribution in [0.15, 0.2) is 57.8 Å². The highest BCUT2D eigenvalue weighted by Gasteiger charge is 2.28. The minimum absolute atomic E-state index is 0.222. The SMILES string of the molecule is N#Cc1nc(-c2ccc(S(=O)(=O)N3CCc4ccccc4C3)cc2)oc1NC1CCCCC1. The third-order valence-corrected chi connectivity index (χ3v) is 8.37. The monoisotopic (exact) mass is 462 g/mol. The number of nitrogens with one attached hydrogen (secondary N) is 1. The Morgan fingerprint density at radius 1 is 1.03 bits per heavy atom. The van der Waals surface area contributed by atoms with Crippen LogP contribution in [-0.2, 0) is 23.0 Å². The van der Waals surface area contributed by atoms with Gasteiger partial charge in [0.15, 0.2) is 0 Å². The van der Waals surface area contributed by atoms with Crippen LogP contribution in [0.25, 0.3) is 11.5 Å². The fourth-order valence-corrected chi connectivity index (χ4v) is 6.06. The lowest BCUT2D eigenvalue weighted by molar-refractivity contribution is 0.391. The number of hydrogen-bond acceptors (Lipinski definition) is 6. The second kappa shape index (κ2) is 9.00. The van der Waals surface area contributed by atoms with Crippen molar-refractivity contribution in [3.8, 4) is 17.5 Å². The van der Waals surface area contributed by atoms with Crippen molar-refractivity contribution in [1.29, 1.82) is 5.26 Å². The number of rotatable bonds is 5. The van der Waals surface area contributed by atoms with Gasteiger partial charge in [0.25, 0.3) is 0 Å². The van der Waals surface area contributed by atoms with Crippen molar-refractivity contribution < 1.29 is 12.8 Å². The zero-order chi connectivity index (χ0) is 22.8. The predicted octanol–water partition coefficient (Wildman–Crippen LogP) is 4.70. The molecule has 33 heavy (non-hydrogen) atoms. The number of aromatic nitrogens is 1. The van der Waals surface area contributed by atoms with E-state index < -0.39 is 10.0 Å². The number of sulfonamides is 1. The Hall–Kier alpha value is -3.15. The van der Waals surface area contributed by atoms with E-state index in [2.05, 4.69) is 22.4 Å². The summed E-state index contributed by atoms with van der Waals surface area (Å²) in [4.78, 5) is 4.56. The zero-order valence-corrected chi connectivity index (χ0v) is 19.1. The molecule has 2 aliphatic rings. The Morgan fingerprint density at radius 3 is 2.48 bits per heavy atom. The number of anilines is 1. The molecule has 7 nitrogen and oxygen atoms in total. The quantitative estimate of drug-likeness (QED) is 0.590. The van der Waals surface area contributed by atoms with Gasteiger partial charge < -0.3 is 9.73 Å². The van der Waals surface area contributed by atoms with Crippen molar-refractivity contribution in [3.63, 3.8) is 0 Å². The maximum Gasteiger partial charge on any atom is 0.243 e. The summed E-state index contributed by atoms with van der Waals surface area (Å²) < 4.78 is 33.8. The number of hydrogen-bond donors (Lipinski definition) is 1. The standard InChI is InChI=1S/C25H26N4O3S/c26-16-23-25(27-21-8-2-1-3-9-21)32-24(28-23)19-10-12-22(13-11-19)33(30,31)29-15-14-18-6-4-5-7-20(18)17-29/h4-7,10-13,21,27H,1-3,8-9,14-15,17H2. The molecule has 1 saturated carbocycles. The number of oxazole rings is 1. The van der Waals surface area contributed by atoms with E-state index in [1.807, 2.05) is 18.2 Å². The van der Waals surface area contributed by atoms with Crippen LogP contribution in [0.5, 0.6) is 0 Å². The average molecular weight is 463 g/mol. The van der Waals surface area contributed by atoms with Crippen LogP contribution < -0.4 is 5.32 Å². The highest BCUT2D eigenvalue weighted by molar-refractivity contribution is 7.89. The van der Waals surface area contributed by atoms with E-state index in [0.29, 0.717) is 36.8 Å². The van der Waals surface area contributed by atoms with Crippen molar-refractivity contribution >= 4 is 15.9 Å². The van der Waals surface area contributed by atoms with E-state index in [1.54, 1.807) is 24.3 Å². The Balaban J connectivity index is 1.35. The molecular formula is C25H26N4O3S. The van der Waals surface area contributed by atoms with Crippen LogP contribution >= 0.6 is 0 Å². The minimum atomic E-state index is -3.61. The molecular weight excluding hydrogens is 436 g/mol. The lowest BCUT2D eigenvalue weighted by Gasteiger charge is -2.28. The number of nitriles is 1. The van der Waals surface area contributed by atoms with Crippen molar-refractivity contribution in [2.24, 2.45) is 0 Å². The summed E-state index contributed by atoms with van der Waals surface area (Å²) >= 11 is 0. The van der Waals surface area contributed by atoms with Gasteiger partial charge >= 0.3 is 0 Å². The molecule has 0 radical (unpaired) electrons. The predicted molar refractivity (Wildman–Crippen MR) is 125 cm³/mol. The van der Waals surface area contributed by atoms with Crippen molar-refractivity contribution in [2.45, 2.75) is 56.0 Å². The van der Waals surface area contributed by atoms with Crippen LogP contribution in [0, 0.1) is 11.3 Å². The molecule has 1 aliphatic carbocycles. The van der Waals surface area contributed by atoms with Gasteiger partial charge in [-0.25, -0.2) is 8.42 Å². The van der Waals surface area contributed by atoms with Crippen molar-refractivity contribution in [2.75, 3.05) is 11.9 Å². The molecule has 0 atom stereocenters. The van der Waals surface area contributed by atoms with Gasteiger partial charge in [0, 0.05) is 24.7 Å². The van der Waals surface area contributed by atoms with Gasteiger partial charge in [0.2, 0.25) is 27.5 Å². The smallest absolute Gasteiger partial charge is 0.243 e. The summed E-state index contributed by atoms with van der Waals surface area (Å²) in [6.07, 6.45) is 6.38. The maximum absolute atomic E-state index is 13.2. The third kappa shape index (κ3) is 4.39. The van der Waals surface area contributed by atoms with E-state index in [1.165, 1.54) is 29.1 Å². The van der Waals surface area contributed by atoms with Crippen LogP contribution in [0.4, 0.5) is 5.88 Å². The molecule has 5 rings (SSSR count). The molecule has 1 aromatic heterocycles. The Bertz CT molecular complexity index is 1290. The Morgan fingerprint density at radius 2 is 1.76 bits per heavy atom. The second-order valence-corrected chi connectivity index (χ2v) is 10.6. The molecule has 1 N–H and O–H groups in total. The Labute approximate surface area is 194 Å². The third-order valence-electron chi connectivity index (χ3n) is 6.51. The van der Waals surface area contributed by atoms with Gasteiger partial charge in [-0.1, -0.05) is 43.5 Å². The molecule has 0 saturated heterocycles. The summed E-state index contributed by atoms with van der Waals surface area (Å²) in [5.74, 6) is 0.698. The van der Waals surface area contributed by atoms with E-state index in [-0.39, 0.29) is 16.6 Å². The molecule has 0 unspecified atom stereocenters. The van der Waals surface area contributed by atoms with Gasteiger partial charge in [-0.2, -0.15) is 14.6 Å².